The molecule has 0 aromatic rings. The van der Waals surface area contributed by atoms with E-state index in [1.165, 1.54) is 0 Å². The highest BCUT2D eigenvalue weighted by Crippen LogP contribution is 1.92. The Balaban J connectivity index is 3.25. The van der Waals surface area contributed by atoms with Gasteiger partial charge in [-0.15, -0.1) is 0 Å². The molecule has 0 aromatic heterocycles. The molecule has 3 nitrogen and oxygen atoms in total. The fourth-order valence-electron chi connectivity index (χ4n) is 0.924. The normalized spacial score (nSPS) is 10.9. The van der Waals surface area contributed by atoms with Crippen LogP contribution >= 0.6 is 0 Å². The number of hydrogen-bond acceptors (Lipinski definition) is 3. The lowest BCUT2D eigenvalue weighted by Crippen LogP contribution is -2.26. The van der Waals surface area contributed by atoms with Gasteiger partial charge in [-0.3, -0.25) is 0 Å². The Morgan fingerprint density at radius 3 is 1.73 bits per heavy atom. The molecule has 0 saturated heterocycles. The van der Waals surface area contributed by atoms with E-state index in [2.05, 4.69) is 11.8 Å². The molecule has 0 fully saturated rings. The van der Waals surface area contributed by atoms with Gasteiger partial charge in [0.1, 0.15) is 0 Å². The molecule has 0 aliphatic carbocycles. The summed E-state index contributed by atoms with van der Waals surface area (Å²) in [5, 5.41) is 17.1. The largest absolute Gasteiger partial charge is 0.396 e. The zero-order valence-electron chi connectivity index (χ0n) is 7.00. The highest BCUT2D eigenvalue weighted by atomic mass is 16.3. The molecule has 67 valence electrons. The average Bonchev–Trinajstić information content (AvgIpc) is 2.05. The molecule has 0 unspecified atom stereocenters. The fourth-order valence-corrected chi connectivity index (χ4v) is 0.924. The van der Waals surface area contributed by atoms with Crippen LogP contribution in [-0.4, -0.2) is 48.0 Å². The molecule has 0 rings (SSSR count). The van der Waals surface area contributed by atoms with Crippen molar-refractivity contribution in [3.05, 3.63) is 6.92 Å². The van der Waals surface area contributed by atoms with Gasteiger partial charge in [-0.2, -0.15) is 0 Å². The Kier molecular flexibility index (Phi) is 7.89. The van der Waals surface area contributed by atoms with Gasteiger partial charge in [-0.25, -0.2) is 0 Å². The molecule has 0 saturated carbocycles. The Labute approximate surface area is 68.6 Å². The Morgan fingerprint density at radius 1 is 1.00 bits per heavy atom. The summed E-state index contributed by atoms with van der Waals surface area (Å²) in [4.78, 5) is 2.12. The summed E-state index contributed by atoms with van der Waals surface area (Å²) in [6.45, 7) is 6.72. The van der Waals surface area contributed by atoms with Gasteiger partial charge in [0.05, 0.1) is 0 Å². The van der Waals surface area contributed by atoms with E-state index in [0.717, 1.165) is 32.5 Å². The van der Waals surface area contributed by atoms with E-state index < -0.39 is 0 Å². The van der Waals surface area contributed by atoms with Crippen LogP contribution in [0.3, 0.4) is 0 Å². The number of rotatable bonds is 7. The maximum atomic E-state index is 8.54. The van der Waals surface area contributed by atoms with Crippen molar-refractivity contribution in [1.29, 1.82) is 0 Å². The summed E-state index contributed by atoms with van der Waals surface area (Å²) < 4.78 is 0. The molecule has 0 spiro atoms. The minimum atomic E-state index is 0.232. The molecule has 0 bridgehead atoms. The summed E-state index contributed by atoms with van der Waals surface area (Å²) in [6.07, 6.45) is 1.59. The van der Waals surface area contributed by atoms with Crippen LogP contribution in [0.4, 0.5) is 0 Å². The van der Waals surface area contributed by atoms with Gasteiger partial charge in [-0.05, 0) is 26.3 Å². The van der Waals surface area contributed by atoms with E-state index in [1.807, 2.05) is 0 Å². The number of hydrogen-bond donors (Lipinski definition) is 2. The topological polar surface area (TPSA) is 43.7 Å². The Bertz CT molecular complexity index is 70.5. The van der Waals surface area contributed by atoms with Crippen LogP contribution in [-0.2, 0) is 0 Å². The van der Waals surface area contributed by atoms with Gasteiger partial charge < -0.3 is 15.1 Å². The monoisotopic (exact) mass is 160 g/mol. The second kappa shape index (κ2) is 7.98. The smallest absolute Gasteiger partial charge is 0.0443 e. The minimum Gasteiger partial charge on any atom is -0.396 e. The van der Waals surface area contributed by atoms with Crippen LogP contribution < -0.4 is 0 Å². The molecule has 0 atom stereocenters. The van der Waals surface area contributed by atoms with Crippen LogP contribution in [0.25, 0.3) is 0 Å². The fraction of sp³-hybridized carbons (Fsp3) is 0.875. The number of aliphatic hydroxyl groups excluding tert-OH is 2. The van der Waals surface area contributed by atoms with Gasteiger partial charge in [0.2, 0.25) is 0 Å². The first-order chi connectivity index (χ1) is 5.35. The third-order valence-electron chi connectivity index (χ3n) is 1.58. The lowest BCUT2D eigenvalue weighted by molar-refractivity contribution is 0.212. The summed E-state index contributed by atoms with van der Waals surface area (Å²) in [7, 11) is 0. The van der Waals surface area contributed by atoms with E-state index in [1.54, 1.807) is 0 Å². The average molecular weight is 160 g/mol. The molecule has 11 heavy (non-hydrogen) atoms. The molecular formula is C8H18NO2. The molecule has 3 heteroatoms. The van der Waals surface area contributed by atoms with Crippen molar-refractivity contribution in [2.75, 3.05) is 32.8 Å². The van der Waals surface area contributed by atoms with E-state index >= 15 is 0 Å². The first-order valence-electron chi connectivity index (χ1n) is 4.08. The number of aliphatic hydroxyl groups is 2. The minimum absolute atomic E-state index is 0.232. The van der Waals surface area contributed by atoms with Gasteiger partial charge in [0.15, 0.2) is 0 Å². The third-order valence-corrected chi connectivity index (χ3v) is 1.58. The standard InChI is InChI=1S/C8H18NO2/c1-2-9(5-3-7-10)6-4-8-11/h10-11H,1-8H2. The first-order valence-corrected chi connectivity index (χ1v) is 4.08. The first kappa shape index (κ1) is 10.9. The third kappa shape index (κ3) is 6.28. The van der Waals surface area contributed by atoms with E-state index in [4.69, 9.17) is 10.2 Å². The SMILES string of the molecule is [CH2]CN(CCCO)CCCO. The molecular weight excluding hydrogens is 142 g/mol. The van der Waals surface area contributed by atoms with Crippen molar-refractivity contribution < 1.29 is 10.2 Å². The molecule has 0 amide bonds. The Hall–Kier alpha value is -0.120. The molecule has 0 aromatic carbocycles. The summed E-state index contributed by atoms with van der Waals surface area (Å²) >= 11 is 0. The lowest BCUT2D eigenvalue weighted by Gasteiger charge is -2.18. The number of nitrogens with zero attached hydrogens (tertiary/aromatic N) is 1. The predicted octanol–water partition coefficient (Wildman–Crippen LogP) is -0.113. The molecule has 0 aliphatic heterocycles. The predicted molar refractivity (Wildman–Crippen MR) is 45.2 cm³/mol. The van der Waals surface area contributed by atoms with Gasteiger partial charge in [-0.1, -0.05) is 0 Å². The van der Waals surface area contributed by atoms with Crippen molar-refractivity contribution in [3.63, 3.8) is 0 Å². The molecule has 0 aliphatic rings. The van der Waals surface area contributed by atoms with Crippen LogP contribution in [0, 0.1) is 6.92 Å². The zero-order valence-corrected chi connectivity index (χ0v) is 7.00. The van der Waals surface area contributed by atoms with Crippen molar-refractivity contribution in [2.45, 2.75) is 12.8 Å². The van der Waals surface area contributed by atoms with Crippen LogP contribution in [0.5, 0.6) is 0 Å². The van der Waals surface area contributed by atoms with Crippen molar-refractivity contribution in [3.8, 4) is 0 Å². The zero-order chi connectivity index (χ0) is 8.53. The molecule has 0 heterocycles. The highest BCUT2D eigenvalue weighted by molar-refractivity contribution is 4.58. The van der Waals surface area contributed by atoms with Gasteiger partial charge >= 0.3 is 0 Å². The lowest BCUT2D eigenvalue weighted by atomic mass is 10.3. The highest BCUT2D eigenvalue weighted by Gasteiger charge is 1.99. The summed E-state index contributed by atoms with van der Waals surface area (Å²) in [6, 6.07) is 0. The maximum Gasteiger partial charge on any atom is 0.0443 e. The van der Waals surface area contributed by atoms with Crippen molar-refractivity contribution in [1.82, 2.24) is 4.90 Å². The summed E-state index contributed by atoms with van der Waals surface area (Å²) in [5.74, 6) is 0. The molecule has 1 radical (unpaired) electrons. The quantitative estimate of drug-likeness (QED) is 0.546. The van der Waals surface area contributed by atoms with E-state index in [0.29, 0.717) is 0 Å². The second-order valence-electron chi connectivity index (χ2n) is 2.50. The van der Waals surface area contributed by atoms with Crippen LogP contribution in [0.1, 0.15) is 12.8 Å². The maximum absolute atomic E-state index is 8.54. The molecule has 2 N–H and O–H groups in total. The van der Waals surface area contributed by atoms with Gasteiger partial charge in [0, 0.05) is 26.3 Å². The van der Waals surface area contributed by atoms with Crippen molar-refractivity contribution >= 4 is 0 Å². The van der Waals surface area contributed by atoms with Crippen molar-refractivity contribution in [2.24, 2.45) is 0 Å². The van der Waals surface area contributed by atoms with E-state index in [9.17, 15) is 0 Å². The second-order valence-corrected chi connectivity index (χ2v) is 2.50. The Morgan fingerprint density at radius 2 is 1.45 bits per heavy atom. The summed E-state index contributed by atoms with van der Waals surface area (Å²) in [5.41, 5.74) is 0. The van der Waals surface area contributed by atoms with Crippen LogP contribution in [0.2, 0.25) is 0 Å². The van der Waals surface area contributed by atoms with Gasteiger partial charge in [0.25, 0.3) is 0 Å². The van der Waals surface area contributed by atoms with E-state index in [-0.39, 0.29) is 13.2 Å². The van der Waals surface area contributed by atoms with Crippen LogP contribution in [0.15, 0.2) is 0 Å².